The summed E-state index contributed by atoms with van der Waals surface area (Å²) in [6, 6.07) is 4.26. The molecule has 20 heavy (non-hydrogen) atoms. The smallest absolute Gasteiger partial charge is 0.307 e. The Hall–Kier alpha value is -1.60. The topological polar surface area (TPSA) is 92.7 Å². The monoisotopic (exact) mass is 301 g/mol. The molecule has 0 aromatic heterocycles. The number of aliphatic carboxylic acids is 1. The summed E-state index contributed by atoms with van der Waals surface area (Å²) in [5.74, 6) is -0.693. The highest BCUT2D eigenvalue weighted by atomic mass is 32.2. The lowest BCUT2D eigenvalue weighted by atomic mass is 10.1. The van der Waals surface area contributed by atoms with Crippen LogP contribution in [0.3, 0.4) is 0 Å². The Balaban J connectivity index is 3.32. The predicted molar refractivity (Wildman–Crippen MR) is 74.4 cm³/mol. The van der Waals surface area contributed by atoms with E-state index in [0.29, 0.717) is 5.75 Å². The van der Waals surface area contributed by atoms with E-state index in [1.165, 1.54) is 25.3 Å². The van der Waals surface area contributed by atoms with Gasteiger partial charge in [0.15, 0.2) is 0 Å². The Morgan fingerprint density at radius 1 is 1.35 bits per heavy atom. The first-order valence-corrected chi connectivity index (χ1v) is 7.46. The van der Waals surface area contributed by atoms with Crippen LogP contribution in [0.4, 0.5) is 0 Å². The number of nitrogens with one attached hydrogen (secondary N) is 1. The van der Waals surface area contributed by atoms with Crippen molar-refractivity contribution in [3.8, 4) is 5.75 Å². The van der Waals surface area contributed by atoms with Crippen LogP contribution in [0.1, 0.15) is 26.3 Å². The fourth-order valence-corrected chi connectivity index (χ4v) is 3.34. The number of carboxylic acids is 1. The lowest BCUT2D eigenvalue weighted by molar-refractivity contribution is -0.136. The number of hydrogen-bond acceptors (Lipinski definition) is 4. The molecule has 0 bridgehead atoms. The molecule has 0 aliphatic carbocycles. The summed E-state index contributed by atoms with van der Waals surface area (Å²) in [7, 11) is -2.36. The molecule has 112 valence electrons. The molecule has 0 spiro atoms. The van der Waals surface area contributed by atoms with Gasteiger partial charge in [-0.25, -0.2) is 13.1 Å². The number of rotatable bonds is 5. The summed E-state index contributed by atoms with van der Waals surface area (Å²) in [4.78, 5) is 10.8. The van der Waals surface area contributed by atoms with Gasteiger partial charge in [-0.1, -0.05) is 0 Å². The first-order chi connectivity index (χ1) is 9.05. The minimum Gasteiger partial charge on any atom is -0.497 e. The van der Waals surface area contributed by atoms with Gasteiger partial charge in [-0.05, 0) is 44.5 Å². The molecule has 0 heterocycles. The van der Waals surface area contributed by atoms with Gasteiger partial charge >= 0.3 is 5.97 Å². The summed E-state index contributed by atoms with van der Waals surface area (Å²) in [5, 5.41) is 8.90. The molecular weight excluding hydrogens is 282 g/mol. The molecule has 1 rings (SSSR count). The average Bonchev–Trinajstić information content (AvgIpc) is 2.24. The number of sulfonamides is 1. The molecule has 0 aliphatic rings. The van der Waals surface area contributed by atoms with Gasteiger partial charge in [-0.3, -0.25) is 4.79 Å². The largest absolute Gasteiger partial charge is 0.497 e. The summed E-state index contributed by atoms with van der Waals surface area (Å²) in [6.07, 6.45) is -0.391. The second kappa shape index (κ2) is 5.80. The maximum Gasteiger partial charge on any atom is 0.307 e. The SMILES string of the molecule is COc1ccc(S(=O)(=O)NC(C)(C)C)c(CC(=O)O)c1. The maximum absolute atomic E-state index is 12.3. The molecule has 6 nitrogen and oxygen atoms in total. The second-order valence-corrected chi connectivity index (χ2v) is 7.05. The van der Waals surface area contributed by atoms with Gasteiger partial charge in [0.25, 0.3) is 0 Å². The summed E-state index contributed by atoms with van der Waals surface area (Å²) in [6.45, 7) is 5.14. The van der Waals surface area contributed by atoms with Gasteiger partial charge in [0.05, 0.1) is 18.4 Å². The van der Waals surface area contributed by atoms with Crippen LogP contribution in [0.2, 0.25) is 0 Å². The molecule has 0 fully saturated rings. The minimum atomic E-state index is -3.79. The van der Waals surface area contributed by atoms with Crippen molar-refractivity contribution in [1.29, 1.82) is 0 Å². The Morgan fingerprint density at radius 2 is 1.95 bits per heavy atom. The Bertz CT molecular complexity index is 602. The third-order valence-electron chi connectivity index (χ3n) is 2.34. The van der Waals surface area contributed by atoms with Crippen LogP contribution >= 0.6 is 0 Å². The molecule has 1 aromatic rings. The zero-order valence-corrected chi connectivity index (χ0v) is 12.7. The van der Waals surface area contributed by atoms with E-state index in [-0.39, 0.29) is 10.5 Å². The van der Waals surface area contributed by atoms with Crippen LogP contribution in [-0.4, -0.2) is 32.1 Å². The fourth-order valence-electron chi connectivity index (χ4n) is 1.70. The summed E-state index contributed by atoms with van der Waals surface area (Å²) >= 11 is 0. The number of carbonyl (C=O) groups is 1. The zero-order chi connectivity index (χ0) is 15.6. The molecule has 1 aromatic carbocycles. The van der Waals surface area contributed by atoms with E-state index in [1.54, 1.807) is 20.8 Å². The Morgan fingerprint density at radius 3 is 2.40 bits per heavy atom. The minimum absolute atomic E-state index is 0.0457. The van der Waals surface area contributed by atoms with E-state index in [1.807, 2.05) is 0 Å². The quantitative estimate of drug-likeness (QED) is 0.857. The van der Waals surface area contributed by atoms with Crippen molar-refractivity contribution < 1.29 is 23.1 Å². The maximum atomic E-state index is 12.3. The molecule has 0 aliphatic heterocycles. The number of methoxy groups -OCH3 is 1. The average molecular weight is 301 g/mol. The summed E-state index contributed by atoms with van der Waals surface area (Å²) < 4.78 is 32.1. The van der Waals surface area contributed by atoms with Gasteiger partial charge < -0.3 is 9.84 Å². The van der Waals surface area contributed by atoms with Crippen LogP contribution in [0.25, 0.3) is 0 Å². The summed E-state index contributed by atoms with van der Waals surface area (Å²) in [5.41, 5.74) is -0.465. The van der Waals surface area contributed by atoms with Crippen molar-refractivity contribution in [2.45, 2.75) is 37.6 Å². The Labute approximate surface area is 118 Å². The molecule has 2 N–H and O–H groups in total. The van der Waals surface area contributed by atoms with Crippen molar-refractivity contribution in [3.05, 3.63) is 23.8 Å². The van der Waals surface area contributed by atoms with Crippen molar-refractivity contribution >= 4 is 16.0 Å². The highest BCUT2D eigenvalue weighted by molar-refractivity contribution is 7.89. The van der Waals surface area contributed by atoms with Crippen LogP contribution in [0, 0.1) is 0 Å². The van der Waals surface area contributed by atoms with Crippen LogP contribution in [0.15, 0.2) is 23.1 Å². The van der Waals surface area contributed by atoms with Gasteiger partial charge in [0.2, 0.25) is 10.0 Å². The lowest BCUT2D eigenvalue weighted by Gasteiger charge is -2.21. The number of hydrogen-bond donors (Lipinski definition) is 2. The van der Waals surface area contributed by atoms with Crippen LogP contribution in [-0.2, 0) is 21.2 Å². The fraction of sp³-hybridized carbons (Fsp3) is 0.462. The first kappa shape index (κ1) is 16.5. The highest BCUT2D eigenvalue weighted by Gasteiger charge is 2.25. The molecule has 0 radical (unpaired) electrons. The third kappa shape index (κ3) is 4.50. The number of ether oxygens (including phenoxy) is 1. The molecule has 0 amide bonds. The molecule has 0 saturated heterocycles. The van der Waals surface area contributed by atoms with Crippen LogP contribution < -0.4 is 9.46 Å². The van der Waals surface area contributed by atoms with Gasteiger partial charge in [-0.2, -0.15) is 0 Å². The van der Waals surface area contributed by atoms with E-state index in [4.69, 9.17) is 9.84 Å². The predicted octanol–water partition coefficient (Wildman–Crippen LogP) is 1.40. The standard InChI is InChI=1S/C13H19NO5S/c1-13(2,3)14-20(17,18)11-6-5-10(19-4)7-9(11)8-12(15)16/h5-7,14H,8H2,1-4H3,(H,15,16). The first-order valence-electron chi connectivity index (χ1n) is 5.98. The highest BCUT2D eigenvalue weighted by Crippen LogP contribution is 2.23. The lowest BCUT2D eigenvalue weighted by Crippen LogP contribution is -2.40. The van der Waals surface area contributed by atoms with E-state index < -0.39 is 28.0 Å². The molecule has 0 atom stereocenters. The van der Waals surface area contributed by atoms with Crippen molar-refractivity contribution in [3.63, 3.8) is 0 Å². The van der Waals surface area contributed by atoms with E-state index in [0.717, 1.165) is 0 Å². The number of carboxylic acid groups (broad SMARTS) is 1. The van der Waals surface area contributed by atoms with E-state index >= 15 is 0 Å². The van der Waals surface area contributed by atoms with Crippen molar-refractivity contribution in [1.82, 2.24) is 4.72 Å². The molecule has 7 heteroatoms. The molecule has 0 unspecified atom stereocenters. The normalized spacial score (nSPS) is 12.2. The van der Waals surface area contributed by atoms with E-state index in [2.05, 4.69) is 4.72 Å². The molecular formula is C13H19NO5S. The van der Waals surface area contributed by atoms with Gasteiger partial charge in [-0.15, -0.1) is 0 Å². The van der Waals surface area contributed by atoms with Crippen molar-refractivity contribution in [2.75, 3.05) is 7.11 Å². The number of benzene rings is 1. The zero-order valence-electron chi connectivity index (χ0n) is 11.9. The molecule has 0 saturated carbocycles. The Kier molecular flexibility index (Phi) is 4.77. The van der Waals surface area contributed by atoms with E-state index in [9.17, 15) is 13.2 Å². The van der Waals surface area contributed by atoms with Crippen molar-refractivity contribution in [2.24, 2.45) is 0 Å². The van der Waals surface area contributed by atoms with Crippen LogP contribution in [0.5, 0.6) is 5.75 Å². The second-order valence-electron chi connectivity index (χ2n) is 5.40. The third-order valence-corrected chi connectivity index (χ3v) is 4.20. The van der Waals surface area contributed by atoms with Gasteiger partial charge in [0, 0.05) is 5.54 Å². The van der Waals surface area contributed by atoms with Gasteiger partial charge in [0.1, 0.15) is 5.75 Å².